The van der Waals surface area contributed by atoms with E-state index in [1.807, 2.05) is 0 Å². The minimum Gasteiger partial charge on any atom is -1.00 e. The summed E-state index contributed by atoms with van der Waals surface area (Å²) in [6.07, 6.45) is 7.54. The van der Waals surface area contributed by atoms with Gasteiger partial charge in [0.1, 0.15) is 6.08 Å². The van der Waals surface area contributed by atoms with Gasteiger partial charge in [0.05, 0.1) is 0 Å². The van der Waals surface area contributed by atoms with Gasteiger partial charge in [-0.15, -0.1) is 0 Å². The maximum atomic E-state index is 4.46. The molecule has 2 heteroatoms. The number of rotatable bonds is 0. The molecule has 0 unspecified atom stereocenters. The number of ether oxygens (including phenoxy) is 1. The van der Waals surface area contributed by atoms with Crippen LogP contribution in [0.2, 0.25) is 0 Å². The van der Waals surface area contributed by atoms with Crippen molar-refractivity contribution in [1.29, 1.82) is 0 Å². The summed E-state index contributed by atoms with van der Waals surface area (Å²) < 4.78 is 4.46. The Morgan fingerprint density at radius 3 is 2.50 bits per heavy atom. The van der Waals surface area contributed by atoms with Crippen molar-refractivity contribution in [3.05, 3.63) is 24.7 Å². The summed E-state index contributed by atoms with van der Waals surface area (Å²) in [6, 6.07) is 0. The first-order valence-electron chi connectivity index (χ1n) is 1.40. The van der Waals surface area contributed by atoms with E-state index in [0.717, 1.165) is 0 Å². The van der Waals surface area contributed by atoms with Crippen molar-refractivity contribution in [1.82, 2.24) is 0 Å². The zero-order valence-corrected chi connectivity index (χ0v) is 3.77. The molecule has 1 rings (SSSR count). The Morgan fingerprint density at radius 1 is 1.50 bits per heavy atom. The molecule has 0 aliphatic carbocycles. The molecule has 0 spiro atoms. The topological polar surface area (TPSA) is 9.23 Å². The van der Waals surface area contributed by atoms with Crippen LogP contribution in [0.3, 0.4) is 0 Å². The predicted octanol–water partition coefficient (Wildman–Crippen LogP) is -2.15. The van der Waals surface area contributed by atoms with Gasteiger partial charge < -0.3 is 12.4 Å². The van der Waals surface area contributed by atoms with Crippen LogP contribution < -0.4 is 12.4 Å². The lowest BCUT2D eigenvalue weighted by Gasteiger charge is -1.53. The highest BCUT2D eigenvalue weighted by atomic mass is 35.5. The van der Waals surface area contributed by atoms with Crippen LogP contribution in [0.5, 0.6) is 0 Å². The zero-order valence-electron chi connectivity index (χ0n) is 3.02. The molecule has 0 saturated carbocycles. The van der Waals surface area contributed by atoms with Gasteiger partial charge in [-0.1, -0.05) is 0 Å². The third-order valence-electron chi connectivity index (χ3n) is 0.379. The first-order chi connectivity index (χ1) is 2.50. The Bertz CT molecular complexity index is 65.6. The third-order valence-corrected chi connectivity index (χ3v) is 0.379. The molecule has 0 bridgehead atoms. The van der Waals surface area contributed by atoms with Crippen molar-refractivity contribution in [3.63, 3.8) is 0 Å². The smallest absolute Gasteiger partial charge is 0.254 e. The van der Waals surface area contributed by atoms with Crippen molar-refractivity contribution >= 4 is 0 Å². The minimum absolute atomic E-state index is 0. The normalized spacial score (nSPS) is 12.0. The molecule has 0 atom stereocenters. The predicted molar refractivity (Wildman–Crippen MR) is 18.0 cm³/mol. The third kappa shape index (κ3) is 1.07. The van der Waals surface area contributed by atoms with E-state index in [-0.39, 0.29) is 12.4 Å². The van der Waals surface area contributed by atoms with Crippen LogP contribution in [-0.4, -0.2) is 0 Å². The van der Waals surface area contributed by atoms with Crippen LogP contribution >= 0.6 is 0 Å². The van der Waals surface area contributed by atoms with Gasteiger partial charge in [-0.2, -0.15) is 0 Å². The molecule has 0 aromatic heterocycles. The van der Waals surface area contributed by atoms with Gasteiger partial charge in [0.15, 0.2) is 6.08 Å². The van der Waals surface area contributed by atoms with Crippen LogP contribution in [0.25, 0.3) is 0 Å². The summed E-state index contributed by atoms with van der Waals surface area (Å²) in [6.45, 7) is 0. The molecule has 1 nitrogen and oxygen atoms in total. The van der Waals surface area contributed by atoms with E-state index in [1.54, 1.807) is 18.4 Å². The van der Waals surface area contributed by atoms with E-state index < -0.39 is 0 Å². The molecule has 6 heavy (non-hydrogen) atoms. The highest BCUT2D eigenvalue weighted by molar-refractivity contribution is 4.98. The molecule has 1 aliphatic heterocycles. The van der Waals surface area contributed by atoms with Gasteiger partial charge in [0.25, 0.3) is 6.26 Å². The summed E-state index contributed by atoms with van der Waals surface area (Å²) in [5, 5.41) is 0. The molecule has 32 valence electrons. The maximum Gasteiger partial charge on any atom is 0.254 e. The van der Waals surface area contributed by atoms with Crippen molar-refractivity contribution in [2.45, 2.75) is 0 Å². The van der Waals surface area contributed by atoms with Gasteiger partial charge in [-0.25, -0.2) is 0 Å². The maximum absolute atomic E-state index is 4.46. The molecule has 0 N–H and O–H groups in total. The second-order valence-corrected chi connectivity index (χ2v) is 0.731. The number of allylic oxidation sites excluding steroid dienone is 2. The average Bonchev–Trinajstić information content (AvgIpc) is 1.76. The van der Waals surface area contributed by atoms with Gasteiger partial charge in [0, 0.05) is 0 Å². The van der Waals surface area contributed by atoms with E-state index in [9.17, 15) is 0 Å². The van der Waals surface area contributed by atoms with Crippen LogP contribution in [0.4, 0.5) is 0 Å². The Balaban J connectivity index is 0.000000250. The van der Waals surface area contributed by atoms with Gasteiger partial charge in [-0.3, -0.25) is 4.74 Å². The second kappa shape index (κ2) is 2.70. The lowest BCUT2D eigenvalue weighted by Crippen LogP contribution is -3.00. The molecule has 0 saturated heterocycles. The fraction of sp³-hybridized carbons (Fsp3) is 0. The van der Waals surface area contributed by atoms with Gasteiger partial charge in [0.2, 0.25) is 6.26 Å². The summed E-state index contributed by atoms with van der Waals surface area (Å²) >= 11 is 0. The fourth-order valence-corrected chi connectivity index (χ4v) is 0.196. The SMILES string of the molecule is [C+]1=CC=CO1.[Cl-]. The van der Waals surface area contributed by atoms with Gasteiger partial charge >= 0.3 is 0 Å². The van der Waals surface area contributed by atoms with Crippen molar-refractivity contribution in [2.75, 3.05) is 0 Å². The van der Waals surface area contributed by atoms with Crippen LogP contribution in [0, 0.1) is 6.26 Å². The molecule has 1 aliphatic rings. The summed E-state index contributed by atoms with van der Waals surface area (Å²) in [4.78, 5) is 0. The first-order valence-corrected chi connectivity index (χ1v) is 1.40. The number of hydrogen-bond donors (Lipinski definition) is 0. The Kier molecular flexibility index (Phi) is 2.47. The van der Waals surface area contributed by atoms with Crippen LogP contribution in [0.1, 0.15) is 0 Å². The standard InChI is InChI=1S/C4H3O.ClH/c1-2-4-5-3-1;/h1-3H;1H/q+1;/p-1. The highest BCUT2D eigenvalue weighted by Gasteiger charge is 1.87. The Morgan fingerprint density at radius 2 is 2.33 bits per heavy atom. The monoisotopic (exact) mass is 102 g/mol. The van der Waals surface area contributed by atoms with Gasteiger partial charge in [-0.05, 0) is 0 Å². The number of hydrogen-bond acceptors (Lipinski definition) is 1. The van der Waals surface area contributed by atoms with E-state index in [0.29, 0.717) is 0 Å². The van der Waals surface area contributed by atoms with Crippen molar-refractivity contribution in [2.24, 2.45) is 0 Å². The molecule has 0 fully saturated rings. The fourth-order valence-electron chi connectivity index (χ4n) is 0.196. The quantitative estimate of drug-likeness (QED) is 0.317. The van der Waals surface area contributed by atoms with E-state index >= 15 is 0 Å². The summed E-state index contributed by atoms with van der Waals surface area (Å²) in [5.74, 6) is 0. The molecular formula is C4H3ClO. The summed E-state index contributed by atoms with van der Waals surface area (Å²) in [7, 11) is 0. The highest BCUT2D eigenvalue weighted by Crippen LogP contribution is 1.86. The largest absolute Gasteiger partial charge is 1.00 e. The molecule has 0 aromatic rings. The second-order valence-electron chi connectivity index (χ2n) is 0.731. The van der Waals surface area contributed by atoms with E-state index in [1.165, 1.54) is 0 Å². The minimum atomic E-state index is 0. The zero-order chi connectivity index (χ0) is 3.54. The Hall–Kier alpha value is -0.520. The molecule has 1 heterocycles. The molecule has 0 amide bonds. The van der Waals surface area contributed by atoms with Crippen molar-refractivity contribution < 1.29 is 17.1 Å². The molecule has 0 radical (unpaired) electrons. The number of halogens is 1. The molecule has 0 aromatic carbocycles. The first kappa shape index (κ1) is 5.48. The van der Waals surface area contributed by atoms with E-state index in [4.69, 9.17) is 0 Å². The van der Waals surface area contributed by atoms with Crippen LogP contribution in [0.15, 0.2) is 18.4 Å². The van der Waals surface area contributed by atoms with E-state index in [2.05, 4.69) is 11.0 Å². The lowest BCUT2D eigenvalue weighted by molar-refractivity contribution is -0.00000137. The molecular weight excluding hydrogens is 99.5 g/mol. The Labute approximate surface area is 42.7 Å². The van der Waals surface area contributed by atoms with Crippen LogP contribution in [-0.2, 0) is 4.74 Å². The summed E-state index contributed by atoms with van der Waals surface area (Å²) in [5.41, 5.74) is 0. The van der Waals surface area contributed by atoms with Crippen molar-refractivity contribution in [3.8, 4) is 0 Å². The lowest BCUT2D eigenvalue weighted by atomic mass is 10.6. The average molecular weight is 103 g/mol.